The first-order valence-electron chi connectivity index (χ1n) is 6.97. The number of halogens is 1. The van der Waals surface area contributed by atoms with Gasteiger partial charge in [0, 0.05) is 24.0 Å². The Morgan fingerprint density at radius 1 is 1.37 bits per heavy atom. The van der Waals surface area contributed by atoms with Crippen molar-refractivity contribution in [1.82, 2.24) is 5.32 Å². The molecule has 102 valence electrons. The first-order chi connectivity index (χ1) is 9.13. The third kappa shape index (κ3) is 3.96. The van der Waals surface area contributed by atoms with Gasteiger partial charge < -0.3 is 5.32 Å². The molecule has 0 heterocycles. The number of rotatable bonds is 4. The van der Waals surface area contributed by atoms with Gasteiger partial charge in [-0.2, -0.15) is 5.26 Å². The van der Waals surface area contributed by atoms with Crippen molar-refractivity contribution in [1.29, 1.82) is 5.26 Å². The first-order valence-corrected chi connectivity index (χ1v) is 7.34. The third-order valence-electron chi connectivity index (χ3n) is 4.24. The van der Waals surface area contributed by atoms with Crippen molar-refractivity contribution >= 4 is 11.6 Å². The van der Waals surface area contributed by atoms with Gasteiger partial charge in [0.2, 0.25) is 0 Å². The molecule has 0 aromatic heterocycles. The molecule has 19 heavy (non-hydrogen) atoms. The summed E-state index contributed by atoms with van der Waals surface area (Å²) in [6, 6.07) is 10.9. The highest BCUT2D eigenvalue weighted by atomic mass is 35.5. The average molecular weight is 277 g/mol. The minimum Gasteiger partial charge on any atom is -0.310 e. The predicted molar refractivity (Wildman–Crippen MR) is 78.9 cm³/mol. The summed E-state index contributed by atoms with van der Waals surface area (Å²) in [5.74, 6) is 0. The highest BCUT2D eigenvalue weighted by Crippen LogP contribution is 2.38. The van der Waals surface area contributed by atoms with E-state index in [9.17, 15) is 0 Å². The lowest BCUT2D eigenvalue weighted by molar-refractivity contribution is 0.188. The minimum atomic E-state index is 0.233. The van der Waals surface area contributed by atoms with Gasteiger partial charge in [-0.25, -0.2) is 0 Å². The largest absolute Gasteiger partial charge is 0.310 e. The van der Waals surface area contributed by atoms with E-state index in [0.717, 1.165) is 42.8 Å². The molecule has 0 spiro atoms. The monoisotopic (exact) mass is 276 g/mol. The van der Waals surface area contributed by atoms with Gasteiger partial charge in [0.1, 0.15) is 0 Å². The summed E-state index contributed by atoms with van der Waals surface area (Å²) < 4.78 is 0. The van der Waals surface area contributed by atoms with Gasteiger partial charge in [0.25, 0.3) is 0 Å². The number of nitrogens with zero attached hydrogens (tertiary/aromatic N) is 1. The second-order valence-corrected chi connectivity index (χ2v) is 6.30. The maximum Gasteiger partial charge on any atom is 0.0627 e. The van der Waals surface area contributed by atoms with Gasteiger partial charge in [-0.1, -0.05) is 36.7 Å². The Kier molecular flexibility index (Phi) is 4.85. The summed E-state index contributed by atoms with van der Waals surface area (Å²) in [7, 11) is 0. The molecule has 1 saturated carbocycles. The van der Waals surface area contributed by atoms with E-state index >= 15 is 0 Å². The lowest BCUT2D eigenvalue weighted by atomic mass is 9.72. The van der Waals surface area contributed by atoms with Crippen LogP contribution in [0.3, 0.4) is 0 Å². The normalized spacial score (nSPS) is 26.9. The Morgan fingerprint density at radius 3 is 2.68 bits per heavy atom. The molecule has 0 saturated heterocycles. The second-order valence-electron chi connectivity index (χ2n) is 5.89. The fourth-order valence-electron chi connectivity index (χ4n) is 2.78. The van der Waals surface area contributed by atoms with Gasteiger partial charge in [-0.3, -0.25) is 0 Å². The minimum absolute atomic E-state index is 0.233. The zero-order chi connectivity index (χ0) is 13.7. The van der Waals surface area contributed by atoms with Crippen molar-refractivity contribution < 1.29 is 0 Å². The van der Waals surface area contributed by atoms with Crippen LogP contribution in [0, 0.1) is 16.7 Å². The fraction of sp³-hybridized carbons (Fsp3) is 0.562. The zero-order valence-corrected chi connectivity index (χ0v) is 12.2. The Labute approximate surface area is 120 Å². The highest BCUT2D eigenvalue weighted by Gasteiger charge is 2.30. The molecule has 2 nitrogen and oxygen atoms in total. The second kappa shape index (κ2) is 6.41. The molecule has 1 aromatic rings. The topological polar surface area (TPSA) is 35.8 Å². The van der Waals surface area contributed by atoms with Crippen molar-refractivity contribution in [2.75, 3.05) is 0 Å². The van der Waals surface area contributed by atoms with Crippen molar-refractivity contribution in [3.8, 4) is 6.07 Å². The molecule has 2 rings (SSSR count). The first kappa shape index (κ1) is 14.4. The van der Waals surface area contributed by atoms with E-state index in [-0.39, 0.29) is 5.41 Å². The van der Waals surface area contributed by atoms with Crippen LogP contribution in [-0.4, -0.2) is 6.04 Å². The molecule has 0 atom stereocenters. The molecule has 0 bridgehead atoms. The van der Waals surface area contributed by atoms with E-state index < -0.39 is 0 Å². The van der Waals surface area contributed by atoms with Gasteiger partial charge in [0.15, 0.2) is 0 Å². The van der Waals surface area contributed by atoms with E-state index in [0.29, 0.717) is 12.5 Å². The maximum absolute atomic E-state index is 8.85. The average Bonchev–Trinajstić information content (AvgIpc) is 2.40. The number of nitriles is 1. The number of hydrogen-bond acceptors (Lipinski definition) is 2. The summed E-state index contributed by atoms with van der Waals surface area (Å²) in [4.78, 5) is 0. The lowest BCUT2D eigenvalue weighted by Crippen LogP contribution is -2.36. The molecule has 0 amide bonds. The molecule has 3 heteroatoms. The van der Waals surface area contributed by atoms with Crippen LogP contribution < -0.4 is 5.32 Å². The van der Waals surface area contributed by atoms with Crippen molar-refractivity contribution in [2.45, 2.75) is 51.6 Å². The van der Waals surface area contributed by atoms with Crippen LogP contribution in [-0.2, 0) is 6.54 Å². The Hall–Kier alpha value is -1.04. The van der Waals surface area contributed by atoms with E-state index in [1.54, 1.807) is 0 Å². The van der Waals surface area contributed by atoms with Crippen LogP contribution in [0.15, 0.2) is 24.3 Å². The Balaban J connectivity index is 1.81. The molecular formula is C16H21ClN2. The Morgan fingerprint density at radius 2 is 2.05 bits per heavy atom. The SMILES string of the molecule is CC1(CC#N)CCC(NCc2ccccc2Cl)CC1. The van der Waals surface area contributed by atoms with Crippen molar-refractivity contribution in [2.24, 2.45) is 5.41 Å². The fourth-order valence-corrected chi connectivity index (χ4v) is 2.99. The molecule has 1 fully saturated rings. The summed E-state index contributed by atoms with van der Waals surface area (Å²) >= 11 is 6.15. The molecule has 1 aliphatic carbocycles. The van der Waals surface area contributed by atoms with Crippen molar-refractivity contribution in [3.63, 3.8) is 0 Å². The van der Waals surface area contributed by atoms with Gasteiger partial charge >= 0.3 is 0 Å². The molecule has 0 unspecified atom stereocenters. The van der Waals surface area contributed by atoms with Gasteiger partial charge in [0.05, 0.1) is 6.07 Å². The number of nitrogens with one attached hydrogen (secondary N) is 1. The molecule has 0 aliphatic heterocycles. The van der Waals surface area contributed by atoms with Crippen LogP contribution in [0.2, 0.25) is 5.02 Å². The quantitative estimate of drug-likeness (QED) is 0.890. The van der Waals surface area contributed by atoms with Crippen LogP contribution in [0.5, 0.6) is 0 Å². The van der Waals surface area contributed by atoms with Gasteiger partial charge in [-0.05, 0) is 42.7 Å². The van der Waals surface area contributed by atoms with E-state index in [4.69, 9.17) is 16.9 Å². The van der Waals surface area contributed by atoms with E-state index in [2.05, 4.69) is 24.4 Å². The van der Waals surface area contributed by atoms with Crippen molar-refractivity contribution in [3.05, 3.63) is 34.9 Å². The Bertz CT molecular complexity index is 456. The molecule has 1 aromatic carbocycles. The number of hydrogen-bond donors (Lipinski definition) is 1. The third-order valence-corrected chi connectivity index (χ3v) is 4.61. The highest BCUT2D eigenvalue weighted by molar-refractivity contribution is 6.31. The molecular weight excluding hydrogens is 256 g/mol. The molecule has 1 aliphatic rings. The summed E-state index contributed by atoms with van der Waals surface area (Å²) in [6.45, 7) is 3.07. The smallest absolute Gasteiger partial charge is 0.0627 e. The van der Waals surface area contributed by atoms with Crippen LogP contribution >= 0.6 is 11.6 Å². The summed E-state index contributed by atoms with van der Waals surface area (Å²) in [5, 5.41) is 13.3. The van der Waals surface area contributed by atoms with E-state index in [1.807, 2.05) is 18.2 Å². The summed E-state index contributed by atoms with van der Waals surface area (Å²) in [5.41, 5.74) is 1.40. The lowest BCUT2D eigenvalue weighted by Gasteiger charge is -2.36. The van der Waals surface area contributed by atoms with E-state index in [1.165, 1.54) is 0 Å². The van der Waals surface area contributed by atoms with Gasteiger partial charge in [-0.15, -0.1) is 0 Å². The maximum atomic E-state index is 8.85. The molecule has 0 radical (unpaired) electrons. The zero-order valence-electron chi connectivity index (χ0n) is 11.5. The van der Waals surface area contributed by atoms with Crippen LogP contribution in [0.4, 0.5) is 0 Å². The predicted octanol–water partition coefficient (Wildman–Crippen LogP) is 4.29. The standard InChI is InChI=1S/C16H21ClN2/c1-16(10-11-18)8-6-14(7-9-16)19-12-13-4-2-3-5-15(13)17/h2-5,14,19H,6-10,12H2,1H3. The summed E-state index contributed by atoms with van der Waals surface area (Å²) in [6.07, 6.45) is 5.27. The van der Waals surface area contributed by atoms with Crippen LogP contribution in [0.1, 0.15) is 44.6 Å². The van der Waals surface area contributed by atoms with Crippen LogP contribution in [0.25, 0.3) is 0 Å². The molecule has 1 N–H and O–H groups in total. The number of benzene rings is 1.